The van der Waals surface area contributed by atoms with Crippen LogP contribution < -0.4 is 10.6 Å². The first-order valence-electron chi connectivity index (χ1n) is 10.1. The van der Waals surface area contributed by atoms with Gasteiger partial charge in [0.15, 0.2) is 0 Å². The molecule has 1 aromatic carbocycles. The molecular formula is C22H27N3O2S. The molecule has 0 saturated carbocycles. The Bertz CT molecular complexity index is 800. The Morgan fingerprint density at radius 2 is 1.86 bits per heavy atom. The Morgan fingerprint density at radius 3 is 2.50 bits per heavy atom. The van der Waals surface area contributed by atoms with Crippen LogP contribution in [0.3, 0.4) is 0 Å². The van der Waals surface area contributed by atoms with Gasteiger partial charge in [-0.05, 0) is 68.1 Å². The minimum Gasteiger partial charge on any atom is -0.323 e. The number of nitrogens with one attached hydrogen (secondary N) is 2. The van der Waals surface area contributed by atoms with E-state index in [1.165, 1.54) is 10.4 Å². The molecule has 2 aromatic rings. The van der Waals surface area contributed by atoms with Crippen molar-refractivity contribution in [3.05, 3.63) is 58.3 Å². The Hall–Kier alpha value is -2.18. The summed E-state index contributed by atoms with van der Waals surface area (Å²) in [5.74, 6) is 0.0524. The molecule has 2 fully saturated rings. The van der Waals surface area contributed by atoms with E-state index in [1.54, 1.807) is 11.3 Å². The fourth-order valence-corrected chi connectivity index (χ4v) is 5.34. The third kappa shape index (κ3) is 4.13. The summed E-state index contributed by atoms with van der Waals surface area (Å²) in [7, 11) is 0. The first kappa shape index (κ1) is 19.2. The van der Waals surface area contributed by atoms with Gasteiger partial charge < -0.3 is 5.32 Å². The van der Waals surface area contributed by atoms with Crippen molar-refractivity contribution in [3.63, 3.8) is 0 Å². The van der Waals surface area contributed by atoms with Crippen molar-refractivity contribution in [1.82, 2.24) is 15.5 Å². The predicted octanol–water partition coefficient (Wildman–Crippen LogP) is 3.56. The maximum Gasteiger partial charge on any atom is 0.322 e. The molecule has 4 rings (SSSR count). The van der Waals surface area contributed by atoms with Crippen molar-refractivity contribution in [2.45, 2.75) is 44.2 Å². The minimum atomic E-state index is -0.749. The number of piperidine rings is 1. The number of hydrogen-bond acceptors (Lipinski definition) is 4. The maximum absolute atomic E-state index is 12.8. The first-order valence-corrected chi connectivity index (χ1v) is 11.0. The largest absolute Gasteiger partial charge is 0.323 e. The van der Waals surface area contributed by atoms with Gasteiger partial charge in [-0.3, -0.25) is 15.0 Å². The number of amides is 3. The van der Waals surface area contributed by atoms with Crippen molar-refractivity contribution >= 4 is 23.3 Å². The third-order valence-corrected chi connectivity index (χ3v) is 6.95. The van der Waals surface area contributed by atoms with Crippen LogP contribution in [-0.2, 0) is 17.8 Å². The second-order valence-electron chi connectivity index (χ2n) is 7.85. The predicted molar refractivity (Wildman–Crippen MR) is 111 cm³/mol. The standard InChI is InChI=1S/C22H27N3O2S/c26-20-22(24-21(27)23-20,12-4-8-17-6-2-1-3-7-17)18-10-13-25(14-11-18)16-19-9-5-15-28-19/h1-3,5-7,9,15,18H,4,8,10-14,16H2,(H2,23,24,26,27)/t22-/m1/s1. The fraction of sp³-hybridized carbons (Fsp3) is 0.455. The lowest BCUT2D eigenvalue weighted by Crippen LogP contribution is -2.56. The zero-order valence-electron chi connectivity index (χ0n) is 16.0. The number of thiophene rings is 1. The van der Waals surface area contributed by atoms with E-state index in [1.807, 2.05) is 18.2 Å². The lowest BCUT2D eigenvalue weighted by atomic mass is 9.74. The molecule has 2 aliphatic rings. The number of carbonyl (C=O) groups is 2. The molecule has 6 heteroatoms. The highest BCUT2D eigenvalue weighted by atomic mass is 32.1. The normalized spacial score (nSPS) is 23.6. The monoisotopic (exact) mass is 397 g/mol. The van der Waals surface area contributed by atoms with Gasteiger partial charge >= 0.3 is 6.03 Å². The van der Waals surface area contributed by atoms with Crippen LogP contribution in [0.1, 0.15) is 36.1 Å². The molecule has 1 atom stereocenters. The average Bonchev–Trinajstić information content (AvgIpc) is 3.31. The van der Waals surface area contributed by atoms with E-state index < -0.39 is 5.54 Å². The number of imide groups is 1. The van der Waals surface area contributed by atoms with Crippen LogP contribution in [0.2, 0.25) is 0 Å². The molecular weight excluding hydrogens is 370 g/mol. The van der Waals surface area contributed by atoms with E-state index >= 15 is 0 Å². The number of benzene rings is 1. The highest BCUT2D eigenvalue weighted by molar-refractivity contribution is 7.09. The Balaban J connectivity index is 1.39. The summed E-state index contributed by atoms with van der Waals surface area (Å²) in [6.45, 7) is 2.91. The van der Waals surface area contributed by atoms with Crippen molar-refractivity contribution < 1.29 is 9.59 Å². The van der Waals surface area contributed by atoms with Gasteiger partial charge in [0.25, 0.3) is 5.91 Å². The summed E-state index contributed by atoms with van der Waals surface area (Å²) in [5.41, 5.74) is 0.522. The molecule has 0 spiro atoms. The Morgan fingerprint density at radius 1 is 1.07 bits per heavy atom. The number of nitrogens with zero attached hydrogens (tertiary/aromatic N) is 1. The summed E-state index contributed by atoms with van der Waals surface area (Å²) < 4.78 is 0. The van der Waals surface area contributed by atoms with Crippen LogP contribution in [0, 0.1) is 5.92 Å². The summed E-state index contributed by atoms with van der Waals surface area (Å²) in [5, 5.41) is 7.63. The van der Waals surface area contributed by atoms with Crippen molar-refractivity contribution in [3.8, 4) is 0 Å². The third-order valence-electron chi connectivity index (χ3n) is 6.09. The molecule has 5 nitrogen and oxygen atoms in total. The quantitative estimate of drug-likeness (QED) is 0.702. The average molecular weight is 398 g/mol. The second-order valence-corrected chi connectivity index (χ2v) is 8.88. The molecule has 2 aliphatic heterocycles. The van der Waals surface area contributed by atoms with Crippen LogP contribution in [0.4, 0.5) is 4.79 Å². The molecule has 2 saturated heterocycles. The summed E-state index contributed by atoms with van der Waals surface area (Å²) in [6.07, 6.45) is 4.36. The molecule has 3 amide bonds. The van der Waals surface area contributed by atoms with Gasteiger partial charge in [-0.1, -0.05) is 36.4 Å². The van der Waals surface area contributed by atoms with E-state index in [0.29, 0.717) is 6.42 Å². The Kier molecular flexibility index (Phi) is 5.78. The van der Waals surface area contributed by atoms with Gasteiger partial charge in [0.05, 0.1) is 0 Å². The van der Waals surface area contributed by atoms with Crippen molar-refractivity contribution in [2.75, 3.05) is 13.1 Å². The molecule has 0 bridgehead atoms. The van der Waals surface area contributed by atoms with Crippen molar-refractivity contribution in [2.24, 2.45) is 5.92 Å². The van der Waals surface area contributed by atoms with E-state index in [9.17, 15) is 9.59 Å². The smallest absolute Gasteiger partial charge is 0.322 e. The number of likely N-dealkylation sites (tertiary alicyclic amines) is 1. The molecule has 2 N–H and O–H groups in total. The maximum atomic E-state index is 12.8. The number of hydrogen-bond donors (Lipinski definition) is 2. The zero-order valence-corrected chi connectivity index (χ0v) is 16.8. The van der Waals surface area contributed by atoms with Gasteiger partial charge in [0, 0.05) is 11.4 Å². The van der Waals surface area contributed by atoms with Gasteiger partial charge in [0.1, 0.15) is 5.54 Å². The van der Waals surface area contributed by atoms with Crippen LogP contribution in [0.25, 0.3) is 0 Å². The number of carbonyl (C=O) groups excluding carboxylic acids is 2. The lowest BCUT2D eigenvalue weighted by molar-refractivity contribution is -0.127. The second kappa shape index (κ2) is 8.45. The van der Waals surface area contributed by atoms with Gasteiger partial charge in [-0.15, -0.1) is 11.3 Å². The van der Waals surface area contributed by atoms with E-state index in [0.717, 1.165) is 45.3 Å². The highest BCUT2D eigenvalue weighted by Crippen LogP contribution is 2.35. The molecule has 1 aromatic heterocycles. The van der Waals surface area contributed by atoms with Crippen LogP contribution in [0.5, 0.6) is 0 Å². The van der Waals surface area contributed by atoms with Crippen LogP contribution in [0.15, 0.2) is 47.8 Å². The van der Waals surface area contributed by atoms with Crippen molar-refractivity contribution in [1.29, 1.82) is 0 Å². The van der Waals surface area contributed by atoms with E-state index in [-0.39, 0.29) is 17.9 Å². The summed E-state index contributed by atoms with van der Waals surface area (Å²) in [4.78, 5) is 28.6. The van der Waals surface area contributed by atoms with E-state index in [4.69, 9.17) is 0 Å². The fourth-order valence-electron chi connectivity index (χ4n) is 4.60. The molecule has 28 heavy (non-hydrogen) atoms. The topological polar surface area (TPSA) is 61.4 Å². The molecule has 0 radical (unpaired) electrons. The SMILES string of the molecule is O=C1NC(=O)[C@@](CCCc2ccccc2)(C2CCN(Cc3cccs3)CC2)N1. The zero-order chi connectivity index (χ0) is 19.4. The first-order chi connectivity index (χ1) is 13.7. The summed E-state index contributed by atoms with van der Waals surface area (Å²) in [6, 6.07) is 14.2. The van der Waals surface area contributed by atoms with Crippen LogP contribution in [-0.4, -0.2) is 35.5 Å². The highest BCUT2D eigenvalue weighted by Gasteiger charge is 2.51. The number of urea groups is 1. The van der Waals surface area contributed by atoms with Crippen LogP contribution >= 0.6 is 11.3 Å². The minimum absolute atomic E-state index is 0.137. The number of rotatable bonds is 7. The molecule has 3 heterocycles. The Labute approximate surface area is 170 Å². The lowest BCUT2D eigenvalue weighted by Gasteiger charge is -2.40. The molecule has 0 aliphatic carbocycles. The molecule has 148 valence electrons. The summed E-state index contributed by atoms with van der Waals surface area (Å²) >= 11 is 1.79. The molecule has 0 unspecified atom stereocenters. The van der Waals surface area contributed by atoms with Gasteiger partial charge in [0.2, 0.25) is 0 Å². The number of aryl methyl sites for hydroxylation is 1. The van der Waals surface area contributed by atoms with Gasteiger partial charge in [-0.2, -0.15) is 0 Å². The van der Waals surface area contributed by atoms with E-state index in [2.05, 4.69) is 45.2 Å². The van der Waals surface area contributed by atoms with Gasteiger partial charge in [-0.25, -0.2) is 4.79 Å².